The van der Waals surface area contributed by atoms with Crippen molar-refractivity contribution in [2.24, 2.45) is 0 Å². The van der Waals surface area contributed by atoms with Gasteiger partial charge in [0.2, 0.25) is 0 Å². The van der Waals surface area contributed by atoms with Crippen molar-refractivity contribution in [1.29, 1.82) is 42.1 Å². The standard InChI is InChI=1S/C36H6F8N8/c37-33-29-21(13-51)27(19-3-1-15(7-45)5-23(19)35(39,40)41)25(17(9-47)10-48)31(29)34(38)30-22(14-52)28(26(32(30)33)18(11-49)12-50)20-4-2-16(8-46)6-24(20)36(42,43)44/h1-6H. The van der Waals surface area contributed by atoms with Crippen LogP contribution in [0.1, 0.15) is 55.6 Å². The van der Waals surface area contributed by atoms with Crippen LogP contribution >= 0.6 is 0 Å². The lowest BCUT2D eigenvalue weighted by molar-refractivity contribution is -0.138. The highest BCUT2D eigenvalue weighted by atomic mass is 19.4. The molecule has 0 radical (unpaired) electrons. The molecule has 5 rings (SSSR count). The van der Waals surface area contributed by atoms with E-state index in [1.807, 2.05) is 0 Å². The zero-order valence-corrected chi connectivity index (χ0v) is 25.1. The molecular formula is C36H6F8N8. The molecule has 0 amide bonds. The third kappa shape index (κ3) is 5.06. The fourth-order valence-electron chi connectivity index (χ4n) is 6.05. The van der Waals surface area contributed by atoms with Crippen LogP contribution in [-0.4, -0.2) is 0 Å². The average molecular weight is 702 g/mol. The average Bonchev–Trinajstić information content (AvgIpc) is 3.65. The van der Waals surface area contributed by atoms with E-state index in [2.05, 4.69) is 0 Å². The topological polar surface area (TPSA) is 190 Å². The van der Waals surface area contributed by atoms with Gasteiger partial charge in [-0.1, -0.05) is 12.1 Å². The Labute approximate surface area is 286 Å². The van der Waals surface area contributed by atoms with Crippen molar-refractivity contribution in [2.45, 2.75) is 12.4 Å². The minimum absolute atomic E-state index is 0.342. The first-order valence-electron chi connectivity index (χ1n) is 13.8. The van der Waals surface area contributed by atoms with Gasteiger partial charge < -0.3 is 0 Å². The lowest BCUT2D eigenvalue weighted by Gasteiger charge is -2.17. The molecule has 52 heavy (non-hydrogen) atoms. The van der Waals surface area contributed by atoms with Crippen molar-refractivity contribution in [1.82, 2.24) is 0 Å². The molecule has 16 heteroatoms. The second kappa shape index (κ2) is 12.5. The maximum absolute atomic E-state index is 17.2. The van der Waals surface area contributed by atoms with Crippen LogP contribution < -0.4 is 0 Å². The molecule has 246 valence electrons. The maximum Gasteiger partial charge on any atom is 0.417 e. The summed E-state index contributed by atoms with van der Waals surface area (Å²) in [5, 5.41) is 78.3. The highest BCUT2D eigenvalue weighted by Gasteiger charge is 2.47. The molecule has 0 saturated heterocycles. The Kier molecular flexibility index (Phi) is 8.45. The second-order valence-electron chi connectivity index (χ2n) is 10.5. The molecule has 0 unspecified atom stereocenters. The fraction of sp³-hybridized carbons (Fsp3) is 0.0556. The number of hydrogen-bond donors (Lipinski definition) is 0. The molecule has 0 aromatic heterocycles. The van der Waals surface area contributed by atoms with Crippen molar-refractivity contribution in [2.75, 3.05) is 0 Å². The number of benzene rings is 3. The first-order valence-corrected chi connectivity index (χ1v) is 13.8. The van der Waals surface area contributed by atoms with E-state index in [0.717, 1.165) is 12.1 Å². The molecule has 3 aromatic rings. The zero-order valence-electron chi connectivity index (χ0n) is 25.1. The molecule has 0 N–H and O–H groups in total. The van der Waals surface area contributed by atoms with Crippen LogP contribution in [0.4, 0.5) is 35.1 Å². The largest absolute Gasteiger partial charge is 0.417 e. The highest BCUT2D eigenvalue weighted by Crippen LogP contribution is 2.58. The molecule has 0 fully saturated rings. The molecule has 0 saturated carbocycles. The van der Waals surface area contributed by atoms with Crippen molar-refractivity contribution in [3.63, 3.8) is 0 Å². The summed E-state index contributed by atoms with van der Waals surface area (Å²) in [4.78, 5) is 0. The number of nitriles is 8. The summed E-state index contributed by atoms with van der Waals surface area (Å²) >= 11 is 0. The summed E-state index contributed by atoms with van der Waals surface area (Å²) < 4.78 is 121. The van der Waals surface area contributed by atoms with Gasteiger partial charge in [0.25, 0.3) is 0 Å². The predicted molar refractivity (Wildman–Crippen MR) is 160 cm³/mol. The minimum Gasteiger partial charge on any atom is -0.206 e. The van der Waals surface area contributed by atoms with E-state index in [1.165, 1.54) is 48.6 Å². The highest BCUT2D eigenvalue weighted by molar-refractivity contribution is 6.30. The van der Waals surface area contributed by atoms with Crippen LogP contribution in [0.15, 0.2) is 47.5 Å². The van der Waals surface area contributed by atoms with Crippen molar-refractivity contribution in [3.05, 3.63) is 115 Å². The van der Waals surface area contributed by atoms with Crippen LogP contribution in [0.3, 0.4) is 0 Å². The van der Waals surface area contributed by atoms with Gasteiger partial charge in [0.1, 0.15) is 59.2 Å². The number of alkyl halides is 6. The number of hydrogen-bond acceptors (Lipinski definition) is 8. The number of rotatable bonds is 2. The van der Waals surface area contributed by atoms with Crippen molar-refractivity contribution >= 4 is 33.4 Å². The SMILES string of the molecule is N#CC(C#N)=C1C(c2ccc(C#N)cc2C(F)(F)F)=C(C#N)c2c(F)c3c(c(F)c21)C(C#N)=C(c1ccc(C#N)cc1C(F)(F)F)C3=C(C#N)C#N. The van der Waals surface area contributed by atoms with Crippen LogP contribution in [-0.2, 0) is 12.4 Å². The Morgan fingerprint density at radius 1 is 0.462 bits per heavy atom. The summed E-state index contributed by atoms with van der Waals surface area (Å²) in [6.07, 6.45) is -10.6. The van der Waals surface area contributed by atoms with Crippen LogP contribution in [0, 0.1) is 102 Å². The van der Waals surface area contributed by atoms with E-state index in [9.17, 15) is 68.4 Å². The molecule has 0 atom stereocenters. The zero-order chi connectivity index (χ0) is 38.4. The monoisotopic (exact) mass is 702 g/mol. The van der Waals surface area contributed by atoms with Crippen LogP contribution in [0.2, 0.25) is 0 Å². The molecular weight excluding hydrogens is 696 g/mol. The Morgan fingerprint density at radius 2 is 0.788 bits per heavy atom. The molecule has 8 nitrogen and oxygen atoms in total. The molecule has 0 aliphatic heterocycles. The number of halogens is 8. The molecule has 0 heterocycles. The second-order valence-corrected chi connectivity index (χ2v) is 10.5. The quantitative estimate of drug-likeness (QED) is 0.188. The Morgan fingerprint density at radius 3 is 1.04 bits per heavy atom. The van der Waals surface area contributed by atoms with E-state index in [-0.39, 0.29) is 0 Å². The van der Waals surface area contributed by atoms with Gasteiger partial charge >= 0.3 is 12.4 Å². The summed E-state index contributed by atoms with van der Waals surface area (Å²) in [7, 11) is 0. The van der Waals surface area contributed by atoms with Crippen LogP contribution in [0.25, 0.3) is 33.4 Å². The Balaban J connectivity index is 2.07. The van der Waals surface area contributed by atoms with E-state index in [4.69, 9.17) is 0 Å². The van der Waals surface area contributed by atoms with E-state index in [0.29, 0.717) is 24.3 Å². The summed E-state index contributed by atoms with van der Waals surface area (Å²) in [5.74, 6) is -3.62. The van der Waals surface area contributed by atoms with Gasteiger partial charge in [0.15, 0.2) is 0 Å². The van der Waals surface area contributed by atoms with E-state index in [1.54, 1.807) is 0 Å². The summed E-state index contributed by atoms with van der Waals surface area (Å²) in [6, 6.07) is 14.9. The molecule has 2 aliphatic rings. The van der Waals surface area contributed by atoms with Gasteiger partial charge in [-0.15, -0.1) is 0 Å². The molecule has 0 spiro atoms. The van der Waals surface area contributed by atoms with Gasteiger partial charge in [-0.2, -0.15) is 68.4 Å². The number of allylic oxidation sites excluding steroid dienone is 8. The fourth-order valence-corrected chi connectivity index (χ4v) is 6.05. The maximum atomic E-state index is 17.2. The van der Waals surface area contributed by atoms with Crippen molar-refractivity contribution < 1.29 is 35.1 Å². The summed E-state index contributed by atoms with van der Waals surface area (Å²) in [6.45, 7) is 0. The first-order chi connectivity index (χ1) is 24.6. The lowest BCUT2D eigenvalue weighted by atomic mass is 9.87. The first kappa shape index (κ1) is 35.3. The molecule has 0 bridgehead atoms. The van der Waals surface area contributed by atoms with E-state index >= 15 is 8.78 Å². The normalized spacial score (nSPS) is 13.0. The van der Waals surface area contributed by atoms with Crippen molar-refractivity contribution in [3.8, 4) is 48.6 Å². The van der Waals surface area contributed by atoms with Gasteiger partial charge in [-0.25, -0.2) is 8.78 Å². The predicted octanol–water partition coefficient (Wildman–Crippen LogP) is 8.24. The Bertz CT molecular complexity index is 2480. The Hall–Kier alpha value is -8.02. The van der Waals surface area contributed by atoms with Gasteiger partial charge in [0, 0.05) is 44.5 Å². The van der Waals surface area contributed by atoms with Gasteiger partial charge in [0.05, 0.1) is 45.5 Å². The minimum atomic E-state index is -5.30. The van der Waals surface area contributed by atoms with Gasteiger partial charge in [-0.3, -0.25) is 0 Å². The third-order valence-corrected chi connectivity index (χ3v) is 8.00. The lowest BCUT2D eigenvalue weighted by Crippen LogP contribution is -2.10. The molecule has 2 aliphatic carbocycles. The molecule has 3 aromatic carbocycles. The number of nitrogens with zero attached hydrogens (tertiary/aromatic N) is 8. The van der Waals surface area contributed by atoms with Crippen LogP contribution in [0.5, 0.6) is 0 Å². The van der Waals surface area contributed by atoms with Gasteiger partial charge in [-0.05, 0) is 35.4 Å². The summed E-state index contributed by atoms with van der Waals surface area (Å²) in [5.41, 5.74) is -19.8. The third-order valence-electron chi connectivity index (χ3n) is 8.00. The number of fused-ring (bicyclic) bond motifs is 2. The van der Waals surface area contributed by atoms with E-state index < -0.39 is 124 Å². The smallest absolute Gasteiger partial charge is 0.206 e.